The highest BCUT2D eigenvalue weighted by atomic mass is 16.4. The number of aromatic nitrogens is 1. The fraction of sp³-hybridized carbons (Fsp3) is 0.632. The summed E-state index contributed by atoms with van der Waals surface area (Å²) in [7, 11) is 0. The van der Waals surface area contributed by atoms with E-state index in [0.29, 0.717) is 12.0 Å². The summed E-state index contributed by atoms with van der Waals surface area (Å²) in [6.45, 7) is 6.11. The van der Waals surface area contributed by atoms with Gasteiger partial charge in [0.1, 0.15) is 5.82 Å². The van der Waals surface area contributed by atoms with Crippen molar-refractivity contribution in [1.29, 1.82) is 0 Å². The molecule has 2 heterocycles. The molecule has 1 atom stereocenters. The third kappa shape index (κ3) is 6.03. The Labute approximate surface area is 149 Å². The van der Waals surface area contributed by atoms with E-state index in [2.05, 4.69) is 15.2 Å². The highest BCUT2D eigenvalue weighted by molar-refractivity contribution is 5.94. The molecule has 1 fully saturated rings. The van der Waals surface area contributed by atoms with E-state index >= 15 is 0 Å². The Kier molecular flexibility index (Phi) is 7.22. The van der Waals surface area contributed by atoms with Gasteiger partial charge >= 0.3 is 5.97 Å². The van der Waals surface area contributed by atoms with Gasteiger partial charge < -0.3 is 15.3 Å². The predicted molar refractivity (Wildman–Crippen MR) is 97.8 cm³/mol. The Morgan fingerprint density at radius 1 is 1.20 bits per heavy atom. The topological polar surface area (TPSA) is 82.5 Å². The molecule has 1 saturated heterocycles. The van der Waals surface area contributed by atoms with Crippen LogP contribution < -0.4 is 10.2 Å². The Morgan fingerprint density at radius 2 is 1.88 bits per heavy atom. The molecule has 1 unspecified atom stereocenters. The number of nitrogens with zero attached hydrogens (tertiary/aromatic N) is 2. The maximum atomic E-state index is 12.2. The zero-order valence-electron chi connectivity index (χ0n) is 15.2. The van der Waals surface area contributed by atoms with Gasteiger partial charge in [0.2, 0.25) is 0 Å². The molecule has 1 aliphatic heterocycles. The van der Waals surface area contributed by atoms with E-state index in [9.17, 15) is 14.7 Å². The van der Waals surface area contributed by atoms with Gasteiger partial charge in [0.15, 0.2) is 0 Å². The molecule has 2 N–H and O–H groups in total. The first-order chi connectivity index (χ1) is 12.0. The smallest absolute Gasteiger partial charge is 0.308 e. The Bertz CT molecular complexity index is 564. The summed E-state index contributed by atoms with van der Waals surface area (Å²) in [5, 5.41) is 12.0. The maximum Gasteiger partial charge on any atom is 0.308 e. The minimum atomic E-state index is -0.872. The lowest BCUT2D eigenvalue weighted by atomic mass is 9.97. The van der Waals surface area contributed by atoms with Crippen LogP contribution in [0.1, 0.15) is 56.3 Å². The lowest BCUT2D eigenvalue weighted by Gasteiger charge is -2.21. The fourth-order valence-corrected chi connectivity index (χ4v) is 3.17. The van der Waals surface area contributed by atoms with Crippen LogP contribution in [-0.4, -0.2) is 41.6 Å². The normalized spacial score (nSPS) is 16.4. The molecule has 0 saturated carbocycles. The first-order valence-electron chi connectivity index (χ1n) is 9.19. The average Bonchev–Trinajstić information content (AvgIpc) is 2.87. The van der Waals surface area contributed by atoms with E-state index in [1.807, 2.05) is 19.9 Å². The first-order valence-corrected chi connectivity index (χ1v) is 9.19. The second-order valence-corrected chi connectivity index (χ2v) is 7.18. The number of aliphatic carboxylic acids is 1. The SMILES string of the molecule is CC(C)CC(CNC(=O)c1ccc(N2CCCCCC2)nc1)C(=O)O. The van der Waals surface area contributed by atoms with E-state index in [4.69, 9.17) is 0 Å². The number of carboxylic acid groups (broad SMARTS) is 1. The monoisotopic (exact) mass is 347 g/mol. The number of nitrogens with one attached hydrogen (secondary N) is 1. The summed E-state index contributed by atoms with van der Waals surface area (Å²) >= 11 is 0. The van der Waals surface area contributed by atoms with Gasteiger partial charge in [0, 0.05) is 25.8 Å². The molecule has 1 aromatic rings. The van der Waals surface area contributed by atoms with Crippen molar-refractivity contribution in [3.63, 3.8) is 0 Å². The van der Waals surface area contributed by atoms with Gasteiger partial charge in [-0.2, -0.15) is 0 Å². The molecule has 0 aromatic carbocycles. The molecule has 1 amide bonds. The van der Waals surface area contributed by atoms with E-state index in [1.54, 1.807) is 12.3 Å². The second kappa shape index (κ2) is 9.39. The fourth-order valence-electron chi connectivity index (χ4n) is 3.17. The Hall–Kier alpha value is -2.11. The summed E-state index contributed by atoms with van der Waals surface area (Å²) in [6.07, 6.45) is 7.00. The summed E-state index contributed by atoms with van der Waals surface area (Å²) < 4.78 is 0. The molecule has 0 spiro atoms. The molecular weight excluding hydrogens is 318 g/mol. The van der Waals surface area contributed by atoms with Crippen LogP contribution in [0.5, 0.6) is 0 Å². The minimum absolute atomic E-state index is 0.139. The number of hydrogen-bond acceptors (Lipinski definition) is 4. The number of carboxylic acids is 1. The molecule has 2 rings (SSSR count). The van der Waals surface area contributed by atoms with Gasteiger partial charge in [-0.25, -0.2) is 4.98 Å². The van der Waals surface area contributed by atoms with E-state index in [-0.39, 0.29) is 18.4 Å². The van der Waals surface area contributed by atoms with Crippen LogP contribution in [0.15, 0.2) is 18.3 Å². The molecule has 6 heteroatoms. The van der Waals surface area contributed by atoms with Crippen molar-refractivity contribution in [2.45, 2.75) is 46.0 Å². The summed E-state index contributed by atoms with van der Waals surface area (Å²) in [4.78, 5) is 30.2. The van der Waals surface area contributed by atoms with Crippen molar-refractivity contribution in [3.05, 3.63) is 23.9 Å². The molecule has 25 heavy (non-hydrogen) atoms. The van der Waals surface area contributed by atoms with Gasteiger partial charge in [-0.15, -0.1) is 0 Å². The van der Waals surface area contributed by atoms with Crippen molar-refractivity contribution in [3.8, 4) is 0 Å². The molecule has 138 valence electrons. The Balaban J connectivity index is 1.92. The van der Waals surface area contributed by atoms with E-state index in [1.165, 1.54) is 25.7 Å². The van der Waals surface area contributed by atoms with Crippen LogP contribution in [0.2, 0.25) is 0 Å². The first kappa shape index (κ1) is 19.2. The van der Waals surface area contributed by atoms with Crippen LogP contribution in [0.4, 0.5) is 5.82 Å². The third-order valence-electron chi connectivity index (χ3n) is 4.55. The molecule has 1 aliphatic rings. The molecule has 0 bridgehead atoms. The van der Waals surface area contributed by atoms with Crippen molar-refractivity contribution >= 4 is 17.7 Å². The summed E-state index contributed by atoms with van der Waals surface area (Å²) in [6, 6.07) is 3.64. The Morgan fingerprint density at radius 3 is 2.40 bits per heavy atom. The van der Waals surface area contributed by atoms with Gasteiger partial charge in [-0.05, 0) is 37.3 Å². The largest absolute Gasteiger partial charge is 0.481 e. The number of hydrogen-bond donors (Lipinski definition) is 2. The predicted octanol–water partition coefficient (Wildman–Crippen LogP) is 2.94. The van der Waals surface area contributed by atoms with Gasteiger partial charge in [-0.1, -0.05) is 26.7 Å². The number of pyridine rings is 1. The summed E-state index contributed by atoms with van der Waals surface area (Å²) in [5.41, 5.74) is 0.465. The lowest BCUT2D eigenvalue weighted by Crippen LogP contribution is -2.33. The van der Waals surface area contributed by atoms with Crippen LogP contribution in [0.3, 0.4) is 0 Å². The second-order valence-electron chi connectivity index (χ2n) is 7.18. The molecule has 6 nitrogen and oxygen atoms in total. The highest BCUT2D eigenvalue weighted by Gasteiger charge is 2.20. The number of carbonyl (C=O) groups is 2. The number of rotatable bonds is 7. The highest BCUT2D eigenvalue weighted by Crippen LogP contribution is 2.17. The van der Waals surface area contributed by atoms with Crippen molar-refractivity contribution in [2.24, 2.45) is 11.8 Å². The van der Waals surface area contributed by atoms with Gasteiger partial charge in [0.05, 0.1) is 11.5 Å². The minimum Gasteiger partial charge on any atom is -0.481 e. The zero-order chi connectivity index (χ0) is 18.2. The van der Waals surface area contributed by atoms with Gasteiger partial charge in [-0.3, -0.25) is 9.59 Å². The quantitative estimate of drug-likeness (QED) is 0.792. The van der Waals surface area contributed by atoms with Crippen LogP contribution in [0, 0.1) is 11.8 Å². The van der Waals surface area contributed by atoms with E-state index in [0.717, 1.165) is 18.9 Å². The van der Waals surface area contributed by atoms with Crippen molar-refractivity contribution in [2.75, 3.05) is 24.5 Å². The molecule has 0 radical (unpaired) electrons. The number of anilines is 1. The van der Waals surface area contributed by atoms with E-state index < -0.39 is 11.9 Å². The maximum absolute atomic E-state index is 12.2. The van der Waals surface area contributed by atoms with Crippen molar-refractivity contribution < 1.29 is 14.7 Å². The number of carbonyl (C=O) groups excluding carboxylic acids is 1. The lowest BCUT2D eigenvalue weighted by molar-refractivity contribution is -0.142. The molecular formula is C19H29N3O3. The van der Waals surface area contributed by atoms with Crippen LogP contribution in [-0.2, 0) is 4.79 Å². The molecule has 1 aromatic heterocycles. The van der Waals surface area contributed by atoms with Crippen LogP contribution in [0.25, 0.3) is 0 Å². The third-order valence-corrected chi connectivity index (χ3v) is 4.55. The average molecular weight is 347 g/mol. The van der Waals surface area contributed by atoms with Gasteiger partial charge in [0.25, 0.3) is 5.91 Å². The standard InChI is InChI=1S/C19H29N3O3/c1-14(2)11-16(19(24)25)13-21-18(23)15-7-8-17(20-12-15)22-9-5-3-4-6-10-22/h7-8,12,14,16H,3-6,9-11,13H2,1-2H3,(H,21,23)(H,24,25). The summed E-state index contributed by atoms with van der Waals surface area (Å²) in [5.74, 6) is -0.531. The zero-order valence-corrected chi connectivity index (χ0v) is 15.2. The van der Waals surface area contributed by atoms with Crippen LogP contribution >= 0.6 is 0 Å². The van der Waals surface area contributed by atoms with Crippen molar-refractivity contribution in [1.82, 2.24) is 10.3 Å². The number of amides is 1. The molecule has 0 aliphatic carbocycles.